The predicted octanol–water partition coefficient (Wildman–Crippen LogP) is 3.82. The normalized spacial score (nSPS) is 10.9. The van der Waals surface area contributed by atoms with Crippen molar-refractivity contribution in [1.82, 2.24) is 9.78 Å². The molecule has 1 heterocycles. The lowest BCUT2D eigenvalue weighted by Gasteiger charge is -2.03. The number of aromatic nitrogens is 2. The minimum atomic E-state index is -0.261. The molecule has 0 spiro atoms. The van der Waals surface area contributed by atoms with Gasteiger partial charge in [0.05, 0.1) is 22.4 Å². The fraction of sp³-hybridized carbons (Fsp3) is 0. The first-order chi connectivity index (χ1) is 8.25. The minimum Gasteiger partial charge on any atom is -0.233 e. The molecule has 0 unspecified atom stereocenters. The van der Waals surface area contributed by atoms with Crippen LogP contribution < -0.4 is 0 Å². The second kappa shape index (κ2) is 3.86. The Bertz CT molecular complexity index is 673. The fourth-order valence-electron chi connectivity index (χ4n) is 1.80. The van der Waals surface area contributed by atoms with Crippen LogP contribution in [0.4, 0.5) is 4.39 Å². The molecule has 3 rings (SSSR count). The summed E-state index contributed by atoms with van der Waals surface area (Å²) in [6.07, 6.45) is 1.71. The van der Waals surface area contributed by atoms with Crippen LogP contribution in [-0.2, 0) is 0 Å². The van der Waals surface area contributed by atoms with Gasteiger partial charge in [-0.05, 0) is 36.4 Å². The van der Waals surface area contributed by atoms with E-state index in [1.54, 1.807) is 23.0 Å². The van der Waals surface area contributed by atoms with E-state index < -0.39 is 0 Å². The molecule has 0 saturated heterocycles. The van der Waals surface area contributed by atoms with Crippen molar-refractivity contribution in [2.24, 2.45) is 0 Å². The van der Waals surface area contributed by atoms with E-state index in [2.05, 4.69) is 5.10 Å². The highest BCUT2D eigenvalue weighted by Crippen LogP contribution is 2.24. The highest BCUT2D eigenvalue weighted by molar-refractivity contribution is 6.35. The van der Waals surface area contributed by atoms with Crippen LogP contribution >= 0.6 is 11.6 Å². The Kier molecular flexibility index (Phi) is 2.34. The van der Waals surface area contributed by atoms with Gasteiger partial charge in [-0.15, -0.1) is 0 Å². The third-order valence-corrected chi connectivity index (χ3v) is 2.96. The van der Waals surface area contributed by atoms with Crippen molar-refractivity contribution >= 4 is 22.5 Å². The number of nitrogens with zero attached hydrogens (tertiary/aromatic N) is 2. The summed E-state index contributed by atoms with van der Waals surface area (Å²) in [5.41, 5.74) is 1.72. The average molecular weight is 247 g/mol. The summed E-state index contributed by atoms with van der Waals surface area (Å²) >= 11 is 6.07. The van der Waals surface area contributed by atoms with Crippen LogP contribution in [0.1, 0.15) is 0 Å². The molecule has 1 aromatic heterocycles. The molecule has 0 atom stereocenters. The van der Waals surface area contributed by atoms with Crippen molar-refractivity contribution in [2.75, 3.05) is 0 Å². The summed E-state index contributed by atoms with van der Waals surface area (Å²) in [5, 5.41) is 5.82. The number of benzene rings is 2. The van der Waals surface area contributed by atoms with Gasteiger partial charge in [0.2, 0.25) is 0 Å². The quantitative estimate of drug-likeness (QED) is 0.638. The van der Waals surface area contributed by atoms with Gasteiger partial charge in [0.25, 0.3) is 0 Å². The number of hydrogen-bond donors (Lipinski definition) is 0. The molecule has 2 nitrogen and oxygen atoms in total. The predicted molar refractivity (Wildman–Crippen MR) is 66.0 cm³/mol. The molecule has 0 fully saturated rings. The third kappa shape index (κ3) is 1.68. The molecule has 0 saturated carbocycles. The molecule has 4 heteroatoms. The van der Waals surface area contributed by atoms with Crippen molar-refractivity contribution in [1.29, 1.82) is 0 Å². The average Bonchev–Trinajstić information content (AvgIpc) is 2.75. The van der Waals surface area contributed by atoms with Crippen LogP contribution in [0.25, 0.3) is 16.6 Å². The number of hydrogen-bond acceptors (Lipinski definition) is 1. The van der Waals surface area contributed by atoms with Gasteiger partial charge in [-0.25, -0.2) is 9.07 Å². The highest BCUT2D eigenvalue weighted by atomic mass is 35.5. The van der Waals surface area contributed by atoms with Crippen molar-refractivity contribution in [3.05, 3.63) is 59.5 Å². The first kappa shape index (κ1) is 10.3. The van der Waals surface area contributed by atoms with Gasteiger partial charge in [-0.2, -0.15) is 5.10 Å². The molecular weight excluding hydrogens is 239 g/mol. The monoisotopic (exact) mass is 246 g/mol. The van der Waals surface area contributed by atoms with Crippen LogP contribution in [0.2, 0.25) is 5.02 Å². The molecular formula is C13H8ClFN2. The van der Waals surface area contributed by atoms with Gasteiger partial charge in [0, 0.05) is 5.39 Å². The van der Waals surface area contributed by atoms with Crippen LogP contribution in [0.5, 0.6) is 0 Å². The van der Waals surface area contributed by atoms with Gasteiger partial charge in [-0.3, -0.25) is 0 Å². The van der Waals surface area contributed by atoms with Crippen molar-refractivity contribution < 1.29 is 4.39 Å². The molecule has 0 radical (unpaired) electrons. The van der Waals surface area contributed by atoms with Gasteiger partial charge < -0.3 is 0 Å². The Morgan fingerprint density at radius 1 is 1.06 bits per heavy atom. The summed E-state index contributed by atoms with van der Waals surface area (Å²) < 4.78 is 14.6. The van der Waals surface area contributed by atoms with Gasteiger partial charge in [-0.1, -0.05) is 17.7 Å². The lowest BCUT2D eigenvalue weighted by atomic mass is 10.2. The van der Waals surface area contributed by atoms with Crippen LogP contribution in [0, 0.1) is 5.82 Å². The summed E-state index contributed by atoms with van der Waals surface area (Å²) in [4.78, 5) is 0. The van der Waals surface area contributed by atoms with E-state index in [1.807, 2.05) is 18.2 Å². The summed E-state index contributed by atoms with van der Waals surface area (Å²) in [5.74, 6) is -0.261. The second-order valence-electron chi connectivity index (χ2n) is 3.71. The molecule has 2 aromatic carbocycles. The molecule has 0 aliphatic rings. The minimum absolute atomic E-state index is 0.261. The Morgan fingerprint density at radius 3 is 2.59 bits per heavy atom. The van der Waals surface area contributed by atoms with Crippen LogP contribution in [-0.4, -0.2) is 9.78 Å². The maximum Gasteiger partial charge on any atom is 0.123 e. The van der Waals surface area contributed by atoms with E-state index in [4.69, 9.17) is 11.6 Å². The van der Waals surface area contributed by atoms with E-state index in [-0.39, 0.29) is 5.82 Å². The number of halogens is 2. The number of fused-ring (bicyclic) bond motifs is 1. The molecule has 0 aliphatic heterocycles. The zero-order chi connectivity index (χ0) is 11.8. The van der Waals surface area contributed by atoms with E-state index in [0.717, 1.165) is 16.6 Å². The van der Waals surface area contributed by atoms with Crippen molar-refractivity contribution in [3.8, 4) is 5.69 Å². The third-order valence-electron chi connectivity index (χ3n) is 2.63. The lowest BCUT2D eigenvalue weighted by Crippen LogP contribution is -1.95. The van der Waals surface area contributed by atoms with E-state index in [1.165, 1.54) is 12.1 Å². The van der Waals surface area contributed by atoms with Crippen LogP contribution in [0.3, 0.4) is 0 Å². The summed E-state index contributed by atoms with van der Waals surface area (Å²) in [6.45, 7) is 0. The Morgan fingerprint density at radius 2 is 1.82 bits per heavy atom. The molecule has 0 aliphatic carbocycles. The summed E-state index contributed by atoms with van der Waals surface area (Å²) in [6, 6.07) is 11.8. The Balaban J connectivity index is 2.24. The van der Waals surface area contributed by atoms with E-state index >= 15 is 0 Å². The van der Waals surface area contributed by atoms with Gasteiger partial charge >= 0.3 is 0 Å². The van der Waals surface area contributed by atoms with Gasteiger partial charge in [0.1, 0.15) is 5.82 Å². The zero-order valence-electron chi connectivity index (χ0n) is 8.77. The standard InChI is InChI=1S/C13H8ClFN2/c14-12-2-1-3-13-11(12)8-16-17(13)10-6-4-9(15)5-7-10/h1-8H. The second-order valence-corrected chi connectivity index (χ2v) is 4.11. The Labute approximate surface area is 102 Å². The maximum absolute atomic E-state index is 12.9. The van der Waals surface area contributed by atoms with Crippen molar-refractivity contribution in [2.45, 2.75) is 0 Å². The number of rotatable bonds is 1. The SMILES string of the molecule is Fc1ccc(-n2ncc3c(Cl)cccc32)cc1. The zero-order valence-corrected chi connectivity index (χ0v) is 9.53. The smallest absolute Gasteiger partial charge is 0.123 e. The molecule has 17 heavy (non-hydrogen) atoms. The first-order valence-corrected chi connectivity index (χ1v) is 5.52. The topological polar surface area (TPSA) is 17.8 Å². The fourth-order valence-corrected chi connectivity index (χ4v) is 2.02. The first-order valence-electron chi connectivity index (χ1n) is 5.14. The largest absolute Gasteiger partial charge is 0.233 e. The molecule has 0 N–H and O–H groups in total. The lowest BCUT2D eigenvalue weighted by molar-refractivity contribution is 0.627. The van der Waals surface area contributed by atoms with E-state index in [0.29, 0.717) is 5.02 Å². The highest BCUT2D eigenvalue weighted by Gasteiger charge is 2.06. The molecule has 84 valence electrons. The molecule has 0 bridgehead atoms. The molecule has 0 amide bonds. The van der Waals surface area contributed by atoms with E-state index in [9.17, 15) is 4.39 Å². The van der Waals surface area contributed by atoms with Gasteiger partial charge in [0.15, 0.2) is 0 Å². The Hall–Kier alpha value is -1.87. The molecule has 3 aromatic rings. The summed E-state index contributed by atoms with van der Waals surface area (Å²) in [7, 11) is 0. The van der Waals surface area contributed by atoms with Crippen molar-refractivity contribution in [3.63, 3.8) is 0 Å². The van der Waals surface area contributed by atoms with Crippen LogP contribution in [0.15, 0.2) is 48.7 Å². The maximum atomic E-state index is 12.9.